The first kappa shape index (κ1) is 24.3. The Balaban J connectivity index is 2.29. The van der Waals surface area contributed by atoms with Gasteiger partial charge in [0.05, 0.1) is 11.3 Å². The van der Waals surface area contributed by atoms with Crippen LogP contribution in [0.2, 0.25) is 15.1 Å². The average molecular weight is 497 g/mol. The van der Waals surface area contributed by atoms with Crippen molar-refractivity contribution >= 4 is 63.4 Å². The zero-order valence-electron chi connectivity index (χ0n) is 15.4. The summed E-state index contributed by atoms with van der Waals surface area (Å²) < 4.78 is 28.7. The van der Waals surface area contributed by atoms with Crippen molar-refractivity contribution in [1.29, 1.82) is 0 Å². The van der Waals surface area contributed by atoms with E-state index in [4.69, 9.17) is 39.9 Å². The second-order valence-corrected chi connectivity index (χ2v) is 10.3. The summed E-state index contributed by atoms with van der Waals surface area (Å²) in [5, 5.41) is 9.55. The third kappa shape index (κ3) is 7.05. The fourth-order valence-corrected chi connectivity index (χ4v) is 5.13. The first-order valence-electron chi connectivity index (χ1n) is 8.66. The first-order valence-corrected chi connectivity index (χ1v) is 11.8. The molecule has 0 bridgehead atoms. The largest absolute Gasteiger partial charge is 0.481 e. The molecule has 10 heteroatoms. The molecular weight excluding hydrogens is 477 g/mol. The van der Waals surface area contributed by atoms with E-state index in [1.807, 2.05) is 0 Å². The zero-order valence-corrected chi connectivity index (χ0v) is 19.4. The smallest absolute Gasteiger partial charge is 0.304 e. The third-order valence-corrected chi connectivity index (χ3v) is 7.04. The monoisotopic (exact) mass is 495 g/mol. The van der Waals surface area contributed by atoms with Gasteiger partial charge in [0.2, 0.25) is 10.0 Å². The fraction of sp³-hybridized carbons (Fsp3) is 0.316. The standard InChI is InChI=1S/C19H20Cl3NO4S2/c1-11(2-5-14(28)10-19(24)25)23-29(26,27)18-7-4-13(21)9-16(18)15-8-12(20)3-6-17(15)22/h3-4,6-9,11,14,23,28H,2,5,10H2,1H3,(H,24,25)/t11-,14-/m1/s1. The zero-order chi connectivity index (χ0) is 21.8. The molecule has 2 aromatic carbocycles. The predicted octanol–water partition coefficient (Wildman–Crippen LogP) is 5.53. The van der Waals surface area contributed by atoms with Gasteiger partial charge in [-0.2, -0.15) is 12.6 Å². The molecule has 0 amide bonds. The van der Waals surface area contributed by atoms with Crippen LogP contribution in [0.25, 0.3) is 11.1 Å². The quantitative estimate of drug-likeness (QED) is 0.398. The number of rotatable bonds is 9. The van der Waals surface area contributed by atoms with E-state index in [9.17, 15) is 13.2 Å². The van der Waals surface area contributed by atoms with Gasteiger partial charge in [-0.25, -0.2) is 13.1 Å². The molecule has 2 atom stereocenters. The van der Waals surface area contributed by atoms with Crippen molar-refractivity contribution in [3.8, 4) is 11.1 Å². The van der Waals surface area contributed by atoms with E-state index in [-0.39, 0.29) is 16.6 Å². The van der Waals surface area contributed by atoms with Gasteiger partial charge < -0.3 is 5.11 Å². The Morgan fingerprint density at radius 2 is 1.66 bits per heavy atom. The molecule has 0 radical (unpaired) electrons. The molecule has 29 heavy (non-hydrogen) atoms. The summed E-state index contributed by atoms with van der Waals surface area (Å²) in [6.45, 7) is 1.71. The van der Waals surface area contributed by atoms with Crippen molar-refractivity contribution in [2.75, 3.05) is 0 Å². The summed E-state index contributed by atoms with van der Waals surface area (Å²) in [6, 6.07) is 8.76. The van der Waals surface area contributed by atoms with Crippen LogP contribution in [0.4, 0.5) is 0 Å². The molecule has 0 aliphatic heterocycles. The molecule has 0 aliphatic rings. The Hall–Kier alpha value is -0.960. The molecule has 158 valence electrons. The Morgan fingerprint density at radius 1 is 1.07 bits per heavy atom. The lowest BCUT2D eigenvalue weighted by molar-refractivity contribution is -0.137. The number of nitrogens with one attached hydrogen (secondary N) is 1. The van der Waals surface area contributed by atoms with Crippen LogP contribution in [0.5, 0.6) is 0 Å². The highest BCUT2D eigenvalue weighted by atomic mass is 35.5. The molecule has 0 fully saturated rings. The van der Waals surface area contributed by atoms with E-state index < -0.39 is 22.0 Å². The van der Waals surface area contributed by atoms with Gasteiger partial charge in [0.15, 0.2) is 0 Å². The van der Waals surface area contributed by atoms with Crippen molar-refractivity contribution in [2.45, 2.75) is 42.4 Å². The molecule has 0 unspecified atom stereocenters. The summed E-state index contributed by atoms with van der Waals surface area (Å²) >= 11 is 22.6. The lowest BCUT2D eigenvalue weighted by Crippen LogP contribution is -2.33. The minimum Gasteiger partial charge on any atom is -0.481 e. The maximum Gasteiger partial charge on any atom is 0.304 e. The van der Waals surface area contributed by atoms with Crippen LogP contribution in [0.1, 0.15) is 26.2 Å². The highest BCUT2D eigenvalue weighted by molar-refractivity contribution is 7.89. The molecule has 5 nitrogen and oxygen atoms in total. The SMILES string of the molecule is C[C@H](CC[C@@H](S)CC(=O)O)NS(=O)(=O)c1ccc(Cl)cc1-c1cc(Cl)ccc1Cl. The Kier molecular flexibility index (Phi) is 8.70. The van der Waals surface area contributed by atoms with Gasteiger partial charge in [0, 0.05) is 37.5 Å². The Morgan fingerprint density at radius 3 is 2.28 bits per heavy atom. The van der Waals surface area contributed by atoms with E-state index >= 15 is 0 Å². The van der Waals surface area contributed by atoms with Crippen LogP contribution in [0, 0.1) is 0 Å². The topological polar surface area (TPSA) is 83.5 Å². The van der Waals surface area contributed by atoms with Crippen LogP contribution in [0.15, 0.2) is 41.3 Å². The van der Waals surface area contributed by atoms with Gasteiger partial charge in [-0.05, 0) is 56.2 Å². The number of hydrogen-bond acceptors (Lipinski definition) is 4. The lowest BCUT2D eigenvalue weighted by atomic mass is 10.1. The number of aliphatic carboxylic acids is 1. The molecule has 0 saturated carbocycles. The van der Waals surface area contributed by atoms with Crippen LogP contribution in [-0.2, 0) is 14.8 Å². The van der Waals surface area contributed by atoms with Crippen LogP contribution >= 0.6 is 47.4 Å². The van der Waals surface area contributed by atoms with Crippen LogP contribution < -0.4 is 4.72 Å². The number of carbonyl (C=O) groups is 1. The Labute approximate surface area is 190 Å². The predicted molar refractivity (Wildman–Crippen MR) is 121 cm³/mol. The maximum atomic E-state index is 13.0. The summed E-state index contributed by atoms with van der Waals surface area (Å²) in [5.41, 5.74) is 0.786. The molecule has 2 rings (SSSR count). The summed E-state index contributed by atoms with van der Waals surface area (Å²) in [6.07, 6.45) is 0.797. The first-order chi connectivity index (χ1) is 13.5. The van der Waals surface area contributed by atoms with E-state index in [1.54, 1.807) is 25.1 Å². The second kappa shape index (κ2) is 10.4. The van der Waals surface area contributed by atoms with E-state index in [1.165, 1.54) is 18.2 Å². The van der Waals surface area contributed by atoms with E-state index in [2.05, 4.69) is 17.4 Å². The number of benzene rings is 2. The summed E-state index contributed by atoms with van der Waals surface area (Å²) in [5.74, 6) is -0.942. The van der Waals surface area contributed by atoms with Gasteiger partial charge in [0.25, 0.3) is 0 Å². The van der Waals surface area contributed by atoms with E-state index in [0.717, 1.165) is 0 Å². The van der Waals surface area contributed by atoms with Crippen molar-refractivity contribution in [3.63, 3.8) is 0 Å². The van der Waals surface area contributed by atoms with Crippen molar-refractivity contribution in [2.24, 2.45) is 0 Å². The molecule has 0 heterocycles. The summed E-state index contributed by atoms with van der Waals surface area (Å²) in [7, 11) is -3.91. The number of halogens is 3. The van der Waals surface area contributed by atoms with Gasteiger partial charge in [-0.3, -0.25) is 4.79 Å². The summed E-state index contributed by atoms with van der Waals surface area (Å²) in [4.78, 5) is 10.7. The van der Waals surface area contributed by atoms with Gasteiger partial charge in [-0.15, -0.1) is 0 Å². The molecule has 0 spiro atoms. The van der Waals surface area contributed by atoms with Gasteiger partial charge >= 0.3 is 5.97 Å². The minimum atomic E-state index is -3.91. The van der Waals surface area contributed by atoms with Crippen LogP contribution in [0.3, 0.4) is 0 Å². The van der Waals surface area contributed by atoms with Gasteiger partial charge in [0.1, 0.15) is 0 Å². The minimum absolute atomic E-state index is 0.0193. The van der Waals surface area contributed by atoms with Crippen LogP contribution in [-0.4, -0.2) is 30.8 Å². The third-order valence-electron chi connectivity index (χ3n) is 4.15. The fourth-order valence-electron chi connectivity index (χ4n) is 2.78. The molecule has 0 aliphatic carbocycles. The van der Waals surface area contributed by atoms with Crippen molar-refractivity contribution in [3.05, 3.63) is 51.5 Å². The van der Waals surface area contributed by atoms with Crippen molar-refractivity contribution in [1.82, 2.24) is 4.72 Å². The number of hydrogen-bond donors (Lipinski definition) is 3. The number of sulfonamides is 1. The number of thiol groups is 1. The maximum absolute atomic E-state index is 13.0. The molecular formula is C19H20Cl3NO4S2. The highest BCUT2D eigenvalue weighted by Crippen LogP contribution is 2.36. The average Bonchev–Trinajstić information content (AvgIpc) is 2.61. The molecule has 0 saturated heterocycles. The van der Waals surface area contributed by atoms with E-state index in [0.29, 0.717) is 39.0 Å². The van der Waals surface area contributed by atoms with Crippen molar-refractivity contribution < 1.29 is 18.3 Å². The molecule has 2 aromatic rings. The molecule has 2 N–H and O–H groups in total. The second-order valence-electron chi connectivity index (χ2n) is 6.62. The highest BCUT2D eigenvalue weighted by Gasteiger charge is 2.23. The number of carboxylic acids is 1. The normalized spacial score (nSPS) is 13.8. The van der Waals surface area contributed by atoms with Gasteiger partial charge in [-0.1, -0.05) is 34.8 Å². The lowest BCUT2D eigenvalue weighted by Gasteiger charge is -2.18. The number of carboxylic acid groups (broad SMARTS) is 1. The Bertz CT molecular complexity index is 999. The molecule has 0 aromatic heterocycles.